The van der Waals surface area contributed by atoms with Crippen molar-refractivity contribution in [3.05, 3.63) is 57.0 Å². The number of rotatable bonds is 3. The van der Waals surface area contributed by atoms with E-state index in [1.54, 1.807) is 18.2 Å². The van der Waals surface area contributed by atoms with E-state index in [0.717, 1.165) is 16.3 Å². The number of thiazole rings is 1. The van der Waals surface area contributed by atoms with Crippen molar-refractivity contribution in [2.75, 3.05) is 17.2 Å². The number of ether oxygens (including phenoxy) is 1. The zero-order chi connectivity index (χ0) is 21.0. The fourth-order valence-electron chi connectivity index (χ4n) is 3.26. The number of carbonyl (C=O) groups excluding carboxylic acids is 1. The standard InChI is InChI=1S/C18H14N4O5S3/c1-10-9-28-17-19-12(7-15(23)22(10)17)8-27-16(24)11-2-3-13-14(6-11)29-18-20-30(25,26)5-4-21(13)18/h2-3,6-7,9H,4-5,8H2,1H3. The molecule has 0 fully saturated rings. The molecule has 0 radical (unpaired) electrons. The molecule has 0 atom stereocenters. The maximum absolute atomic E-state index is 12.5. The SMILES string of the molecule is Cc1csc2nc(COC(=O)c3ccc4c(c3)SC3=NS(=O)(=O)CCN34)cc(=O)n12. The molecule has 12 heteroatoms. The smallest absolute Gasteiger partial charge is 0.338 e. The second kappa shape index (κ2) is 6.93. The summed E-state index contributed by atoms with van der Waals surface area (Å²) >= 11 is 2.55. The van der Waals surface area contributed by atoms with E-state index < -0.39 is 16.0 Å². The Morgan fingerprint density at radius 1 is 1.30 bits per heavy atom. The number of hydrogen-bond acceptors (Lipinski definition) is 9. The number of benzene rings is 1. The number of esters is 1. The highest BCUT2D eigenvalue weighted by Crippen LogP contribution is 2.42. The second-order valence-electron chi connectivity index (χ2n) is 6.75. The molecule has 9 nitrogen and oxygen atoms in total. The summed E-state index contributed by atoms with van der Waals surface area (Å²) in [6, 6.07) is 6.39. The van der Waals surface area contributed by atoms with Crippen molar-refractivity contribution in [1.82, 2.24) is 9.38 Å². The Morgan fingerprint density at radius 3 is 2.97 bits per heavy atom. The lowest BCUT2D eigenvalue weighted by Gasteiger charge is -2.22. The van der Waals surface area contributed by atoms with Crippen LogP contribution in [0, 0.1) is 6.92 Å². The van der Waals surface area contributed by atoms with E-state index in [0.29, 0.717) is 27.9 Å². The molecule has 0 saturated heterocycles. The molecule has 0 unspecified atom stereocenters. The lowest BCUT2D eigenvalue weighted by Crippen LogP contribution is -2.35. The third-order valence-corrected chi connectivity index (χ3v) is 7.94. The Morgan fingerprint density at radius 2 is 2.13 bits per heavy atom. The number of amidine groups is 1. The van der Waals surface area contributed by atoms with Crippen LogP contribution >= 0.6 is 23.1 Å². The second-order valence-corrected chi connectivity index (χ2v) is 10.4. The van der Waals surface area contributed by atoms with Crippen molar-refractivity contribution in [1.29, 1.82) is 0 Å². The molecule has 4 heterocycles. The molecule has 1 aromatic carbocycles. The third kappa shape index (κ3) is 3.30. The molecule has 0 N–H and O–H groups in total. The number of fused-ring (bicyclic) bond motifs is 4. The van der Waals surface area contributed by atoms with Gasteiger partial charge in [-0.05, 0) is 36.9 Å². The summed E-state index contributed by atoms with van der Waals surface area (Å²) in [4.78, 5) is 32.2. The van der Waals surface area contributed by atoms with Crippen molar-refractivity contribution >= 4 is 54.9 Å². The quantitative estimate of drug-likeness (QED) is 0.544. The average Bonchev–Trinajstić information content (AvgIpc) is 3.24. The minimum atomic E-state index is -3.44. The molecular weight excluding hydrogens is 448 g/mol. The number of thioether (sulfide) groups is 1. The third-order valence-electron chi connectivity index (χ3n) is 4.69. The van der Waals surface area contributed by atoms with Crippen molar-refractivity contribution < 1.29 is 17.9 Å². The van der Waals surface area contributed by atoms with Crippen LogP contribution in [0.3, 0.4) is 0 Å². The summed E-state index contributed by atoms with van der Waals surface area (Å²) in [5.41, 5.74) is 2.11. The van der Waals surface area contributed by atoms with Crippen molar-refractivity contribution in [3.8, 4) is 0 Å². The van der Waals surface area contributed by atoms with E-state index in [1.807, 2.05) is 17.2 Å². The molecule has 0 amide bonds. The number of nitrogens with zero attached hydrogens (tertiary/aromatic N) is 4. The fourth-order valence-corrected chi connectivity index (χ4v) is 6.44. The molecule has 2 aromatic heterocycles. The molecule has 0 saturated carbocycles. The van der Waals surface area contributed by atoms with Crippen molar-refractivity contribution in [3.63, 3.8) is 0 Å². The Hall–Kier alpha value is -2.70. The first-order valence-electron chi connectivity index (χ1n) is 8.87. The van der Waals surface area contributed by atoms with E-state index in [9.17, 15) is 18.0 Å². The van der Waals surface area contributed by atoms with Crippen LogP contribution in [0.25, 0.3) is 4.96 Å². The van der Waals surface area contributed by atoms with Crippen LogP contribution in [0.15, 0.2) is 43.7 Å². The Balaban J connectivity index is 1.34. The highest BCUT2D eigenvalue weighted by molar-refractivity contribution is 8.15. The van der Waals surface area contributed by atoms with Gasteiger partial charge < -0.3 is 9.64 Å². The maximum Gasteiger partial charge on any atom is 0.338 e. The Kier molecular flexibility index (Phi) is 4.45. The van der Waals surface area contributed by atoms with E-state index in [2.05, 4.69) is 9.38 Å². The summed E-state index contributed by atoms with van der Waals surface area (Å²) in [5, 5.41) is 2.23. The van der Waals surface area contributed by atoms with Gasteiger partial charge in [0.05, 0.1) is 22.7 Å². The predicted molar refractivity (Wildman–Crippen MR) is 114 cm³/mol. The molecule has 2 aliphatic heterocycles. The monoisotopic (exact) mass is 462 g/mol. The van der Waals surface area contributed by atoms with Gasteiger partial charge in [0.2, 0.25) is 0 Å². The van der Waals surface area contributed by atoms with Crippen LogP contribution in [0.5, 0.6) is 0 Å². The largest absolute Gasteiger partial charge is 0.456 e. The van der Waals surface area contributed by atoms with Crippen LogP contribution in [-0.2, 0) is 21.4 Å². The molecule has 154 valence electrons. The first-order valence-corrected chi connectivity index (χ1v) is 12.2. The molecule has 3 aromatic rings. The van der Waals surface area contributed by atoms with Gasteiger partial charge >= 0.3 is 5.97 Å². The Labute approximate surface area is 179 Å². The van der Waals surface area contributed by atoms with Gasteiger partial charge in [-0.15, -0.1) is 15.7 Å². The fraction of sp³-hybridized carbons (Fsp3) is 0.222. The van der Waals surface area contributed by atoms with Crippen LogP contribution in [-0.4, -0.2) is 41.2 Å². The summed E-state index contributed by atoms with van der Waals surface area (Å²) in [6.07, 6.45) is 0. The Bertz CT molecular complexity index is 1410. The maximum atomic E-state index is 12.5. The van der Waals surface area contributed by atoms with E-state index in [4.69, 9.17) is 4.74 Å². The van der Waals surface area contributed by atoms with Gasteiger partial charge in [-0.25, -0.2) is 18.2 Å². The summed E-state index contributed by atoms with van der Waals surface area (Å²) in [5.74, 6) is -0.594. The topological polar surface area (TPSA) is 110 Å². The van der Waals surface area contributed by atoms with Crippen molar-refractivity contribution in [2.24, 2.45) is 4.40 Å². The number of aryl methyl sites for hydroxylation is 1. The summed E-state index contributed by atoms with van der Waals surface area (Å²) < 4.78 is 34.1. The van der Waals surface area contributed by atoms with E-state index in [1.165, 1.54) is 33.6 Å². The number of aromatic nitrogens is 2. The lowest BCUT2D eigenvalue weighted by atomic mass is 10.2. The molecule has 2 aliphatic rings. The zero-order valence-electron chi connectivity index (χ0n) is 15.6. The van der Waals surface area contributed by atoms with E-state index in [-0.39, 0.29) is 17.9 Å². The van der Waals surface area contributed by atoms with Crippen LogP contribution < -0.4 is 10.5 Å². The minimum absolute atomic E-state index is 0.0403. The number of carbonyl (C=O) groups is 1. The zero-order valence-corrected chi connectivity index (χ0v) is 18.0. The molecule has 30 heavy (non-hydrogen) atoms. The van der Waals surface area contributed by atoms with Gasteiger partial charge in [-0.2, -0.15) is 0 Å². The van der Waals surface area contributed by atoms with Crippen LogP contribution in [0.1, 0.15) is 21.7 Å². The highest BCUT2D eigenvalue weighted by atomic mass is 32.2. The first-order chi connectivity index (χ1) is 14.3. The summed E-state index contributed by atoms with van der Waals surface area (Å²) in [7, 11) is -3.44. The van der Waals surface area contributed by atoms with Gasteiger partial charge in [0.25, 0.3) is 15.6 Å². The van der Waals surface area contributed by atoms with Crippen LogP contribution in [0.2, 0.25) is 0 Å². The minimum Gasteiger partial charge on any atom is -0.456 e. The molecule has 0 spiro atoms. The first kappa shape index (κ1) is 19.3. The molecule has 0 bridgehead atoms. The van der Waals surface area contributed by atoms with Gasteiger partial charge in [0.1, 0.15) is 6.61 Å². The normalized spacial score (nSPS) is 16.8. The summed E-state index contributed by atoms with van der Waals surface area (Å²) in [6.45, 7) is 2.03. The van der Waals surface area contributed by atoms with Crippen molar-refractivity contribution in [2.45, 2.75) is 18.4 Å². The molecule has 5 rings (SSSR count). The number of anilines is 1. The predicted octanol–water partition coefficient (Wildman–Crippen LogP) is 2.03. The number of sulfonamides is 1. The van der Waals surface area contributed by atoms with Crippen LogP contribution in [0.4, 0.5) is 5.69 Å². The average molecular weight is 463 g/mol. The number of hydrogen-bond donors (Lipinski definition) is 0. The van der Waals surface area contributed by atoms with Gasteiger partial charge in [-0.1, -0.05) is 0 Å². The van der Waals surface area contributed by atoms with Gasteiger partial charge in [0, 0.05) is 28.6 Å². The van der Waals surface area contributed by atoms with E-state index >= 15 is 0 Å². The van der Waals surface area contributed by atoms with Gasteiger partial charge in [0.15, 0.2) is 10.1 Å². The molecular formula is C18H14N4O5S3. The molecule has 0 aliphatic carbocycles. The highest BCUT2D eigenvalue weighted by Gasteiger charge is 2.33. The lowest BCUT2D eigenvalue weighted by molar-refractivity contribution is 0.0467. The van der Waals surface area contributed by atoms with Gasteiger partial charge in [-0.3, -0.25) is 9.20 Å².